The molecule has 0 fully saturated rings. The molecule has 7 heteroatoms. The minimum atomic E-state index is 0.194. The first kappa shape index (κ1) is 35.6. The Kier molecular flexibility index (Phi) is 12.8. The topological polar surface area (TPSA) is 42.5 Å². The van der Waals surface area contributed by atoms with Crippen LogP contribution >= 0.6 is 20.2 Å². The van der Waals surface area contributed by atoms with Crippen LogP contribution < -0.4 is 0 Å². The van der Waals surface area contributed by atoms with Crippen LogP contribution in [0, 0.1) is 0 Å². The summed E-state index contributed by atoms with van der Waals surface area (Å²) in [5, 5.41) is 6.26. The van der Waals surface area contributed by atoms with Gasteiger partial charge in [0.05, 0.1) is 23.1 Å². The van der Waals surface area contributed by atoms with Crippen LogP contribution in [0.4, 0.5) is 11.4 Å². The molecule has 0 aliphatic carbocycles. The molecule has 46 heavy (non-hydrogen) atoms. The van der Waals surface area contributed by atoms with Gasteiger partial charge in [-0.15, -0.1) is 0 Å². The molecule has 0 aliphatic rings. The van der Waals surface area contributed by atoms with Crippen LogP contribution in [0.1, 0.15) is 113 Å². The number of rotatable bonds is 8. The summed E-state index contributed by atoms with van der Waals surface area (Å²) in [6.45, 7) is 17.9. The van der Waals surface area contributed by atoms with E-state index in [0.717, 1.165) is 39.4 Å². The molecule has 1 aromatic heterocycles. The molecule has 4 nitrogen and oxygen atoms in total. The zero-order valence-corrected chi connectivity index (χ0v) is 30.6. The monoisotopic (exact) mass is 694 g/mol. The number of benzene rings is 4. The van der Waals surface area contributed by atoms with Gasteiger partial charge in [0.15, 0.2) is 5.84 Å². The van der Waals surface area contributed by atoms with E-state index in [9.17, 15) is 0 Å². The summed E-state index contributed by atoms with van der Waals surface area (Å²) in [7, 11) is 9.53. The standard InChI is InChI=1S/C39H44N4.2ClH.Fe/c1-25(2)30-19-14-20-31(26(3)4)37(30)40-24-35-34-18-12-13-23-36(34)43(42-35)39(29-16-10-9-11-17-29)41-38-32(27(5)6)21-15-22-33(38)28(7)8;;;/h9-28H,1-8H3;2*1H;/q;;;+2/p-2. The Balaban J connectivity index is 0.00000154. The van der Waals surface area contributed by atoms with Gasteiger partial charge in [0.25, 0.3) is 0 Å². The van der Waals surface area contributed by atoms with Crippen molar-refractivity contribution in [3.63, 3.8) is 0 Å². The van der Waals surface area contributed by atoms with Crippen molar-refractivity contribution in [2.24, 2.45) is 9.98 Å². The van der Waals surface area contributed by atoms with Crippen LogP contribution in [-0.4, -0.2) is 21.8 Å². The minimum absolute atomic E-state index is 0.194. The number of aromatic nitrogens is 2. The molecule has 0 unspecified atom stereocenters. The van der Waals surface area contributed by atoms with Crippen molar-refractivity contribution in [1.82, 2.24) is 9.78 Å². The van der Waals surface area contributed by atoms with E-state index in [0.29, 0.717) is 23.7 Å². The molecule has 0 spiro atoms. The van der Waals surface area contributed by atoms with Crippen molar-refractivity contribution in [3.8, 4) is 0 Å². The Morgan fingerprint density at radius 3 is 1.59 bits per heavy atom. The molecule has 5 aromatic rings. The first-order valence-electron chi connectivity index (χ1n) is 15.9. The molecule has 0 saturated carbocycles. The number of halogens is 2. The second kappa shape index (κ2) is 16.6. The van der Waals surface area contributed by atoms with Crippen molar-refractivity contribution in [1.29, 1.82) is 0 Å². The second-order valence-corrected chi connectivity index (χ2v) is 14.4. The molecule has 5 rings (SSSR count). The van der Waals surface area contributed by atoms with Crippen LogP contribution in [0.2, 0.25) is 0 Å². The molecular formula is C39H44Cl2FeN4. The van der Waals surface area contributed by atoms with Crippen LogP contribution in [0.25, 0.3) is 10.9 Å². The summed E-state index contributed by atoms with van der Waals surface area (Å²) in [6.07, 6.45) is 1.94. The van der Waals surface area contributed by atoms with E-state index in [1.807, 2.05) is 17.0 Å². The van der Waals surface area contributed by atoms with Crippen molar-refractivity contribution >= 4 is 54.5 Å². The van der Waals surface area contributed by atoms with Crippen molar-refractivity contribution in [3.05, 3.63) is 125 Å². The maximum atomic E-state index is 5.47. The molecule has 1 heterocycles. The Labute approximate surface area is 289 Å². The van der Waals surface area contributed by atoms with Gasteiger partial charge < -0.3 is 0 Å². The predicted molar refractivity (Wildman–Crippen MR) is 196 cm³/mol. The van der Waals surface area contributed by atoms with Crippen LogP contribution in [-0.2, 0) is 13.1 Å². The van der Waals surface area contributed by atoms with Gasteiger partial charge in [0.1, 0.15) is 5.69 Å². The average Bonchev–Trinajstić information content (AvgIpc) is 3.41. The quantitative estimate of drug-likeness (QED) is 0.0905. The summed E-state index contributed by atoms with van der Waals surface area (Å²) in [4.78, 5) is 10.6. The molecule has 0 saturated heterocycles. The fourth-order valence-electron chi connectivity index (χ4n) is 5.70. The molecule has 0 aliphatic heterocycles. The normalized spacial score (nSPS) is 12.3. The SMILES string of the molecule is CC(C)c1cccc(C(C)C)c1N=Cc1nn(C(=Nc2c(C(C)C)cccc2C(C)C)c2ccccc2)c2ccccc12.[Cl][Fe][Cl]. The molecular weight excluding hydrogens is 651 g/mol. The van der Waals surface area contributed by atoms with E-state index >= 15 is 0 Å². The van der Waals surface area contributed by atoms with Gasteiger partial charge >= 0.3 is 33.3 Å². The molecule has 0 amide bonds. The summed E-state index contributed by atoms with van der Waals surface area (Å²) >= 11 is 0.194. The molecule has 4 aromatic carbocycles. The van der Waals surface area contributed by atoms with Crippen molar-refractivity contribution < 1.29 is 13.1 Å². The van der Waals surface area contributed by atoms with Crippen LogP contribution in [0.5, 0.6) is 0 Å². The number of aliphatic imine (C=N–C) groups is 2. The Hall–Kier alpha value is -3.21. The van der Waals surface area contributed by atoms with Gasteiger partial charge in [-0.05, 0) is 52.0 Å². The van der Waals surface area contributed by atoms with E-state index in [-0.39, 0.29) is 13.1 Å². The second-order valence-electron chi connectivity index (χ2n) is 12.6. The molecule has 242 valence electrons. The third kappa shape index (κ3) is 8.19. The van der Waals surface area contributed by atoms with Crippen molar-refractivity contribution in [2.75, 3.05) is 0 Å². The number of fused-ring (bicyclic) bond motifs is 1. The van der Waals surface area contributed by atoms with Crippen LogP contribution in [0.15, 0.2) is 101 Å². The Morgan fingerprint density at radius 1 is 0.630 bits per heavy atom. The summed E-state index contributed by atoms with van der Waals surface area (Å²) in [6, 6.07) is 31.9. The first-order valence-corrected chi connectivity index (χ1v) is 18.9. The van der Waals surface area contributed by atoms with Gasteiger partial charge in [0, 0.05) is 10.9 Å². The molecule has 0 bridgehead atoms. The van der Waals surface area contributed by atoms with Gasteiger partial charge in [-0.1, -0.05) is 140 Å². The van der Waals surface area contributed by atoms with E-state index in [1.165, 1.54) is 22.3 Å². The summed E-state index contributed by atoms with van der Waals surface area (Å²) in [5.74, 6) is 2.21. The van der Waals surface area contributed by atoms with E-state index in [1.54, 1.807) is 0 Å². The molecule has 0 atom stereocenters. The van der Waals surface area contributed by atoms with Crippen molar-refractivity contribution in [2.45, 2.75) is 79.1 Å². The third-order valence-corrected chi connectivity index (χ3v) is 8.07. The van der Waals surface area contributed by atoms with Crippen LogP contribution in [0.3, 0.4) is 0 Å². The fraction of sp³-hybridized carbons (Fsp3) is 0.308. The van der Waals surface area contributed by atoms with Gasteiger partial charge in [0.2, 0.25) is 0 Å². The number of nitrogens with zero attached hydrogens (tertiary/aromatic N) is 4. The first-order chi connectivity index (χ1) is 22.1. The van der Waals surface area contributed by atoms with Gasteiger partial charge in [-0.25, -0.2) is 9.67 Å². The Bertz CT molecular complexity index is 1750. The zero-order chi connectivity index (χ0) is 33.4. The van der Waals surface area contributed by atoms with E-state index < -0.39 is 0 Å². The molecule has 0 radical (unpaired) electrons. The molecule has 0 N–H and O–H groups in total. The zero-order valence-electron chi connectivity index (χ0n) is 27.9. The predicted octanol–water partition coefficient (Wildman–Crippen LogP) is 12.3. The maximum absolute atomic E-state index is 5.47. The number of para-hydroxylation sites is 3. The summed E-state index contributed by atoms with van der Waals surface area (Å²) in [5.41, 5.74) is 9.92. The van der Waals surface area contributed by atoms with Gasteiger partial charge in [-0.3, -0.25) is 4.99 Å². The number of hydrogen-bond donors (Lipinski definition) is 0. The van der Waals surface area contributed by atoms with E-state index in [4.69, 9.17) is 35.3 Å². The summed E-state index contributed by atoms with van der Waals surface area (Å²) < 4.78 is 2.00. The van der Waals surface area contributed by atoms with Gasteiger partial charge in [-0.2, -0.15) is 5.10 Å². The number of hydrogen-bond acceptors (Lipinski definition) is 3. The third-order valence-electron chi connectivity index (χ3n) is 8.07. The average molecular weight is 696 g/mol. The van der Waals surface area contributed by atoms with E-state index in [2.05, 4.69) is 140 Å². The Morgan fingerprint density at radius 2 is 1.09 bits per heavy atom. The fourth-order valence-corrected chi connectivity index (χ4v) is 5.70.